The molecule has 1 fully saturated rings. The molecule has 0 aliphatic carbocycles. The molecule has 0 aromatic heterocycles. The van der Waals surface area contributed by atoms with Gasteiger partial charge in [0.25, 0.3) is 5.91 Å². The molecule has 0 bridgehead atoms. The molecule has 1 heterocycles. The fourth-order valence-corrected chi connectivity index (χ4v) is 3.68. The number of benzene rings is 2. The minimum Gasteiger partial charge on any atom is -0.497 e. The van der Waals surface area contributed by atoms with Crippen LogP contribution in [-0.4, -0.2) is 58.8 Å². The largest absolute Gasteiger partial charge is 0.497 e. The highest BCUT2D eigenvalue weighted by molar-refractivity contribution is 14.0. The molecule has 9 heteroatoms. The molecule has 3 rings (SSSR count). The molecular weight excluding hydrogens is 533 g/mol. The van der Waals surface area contributed by atoms with Gasteiger partial charge in [0.05, 0.1) is 20.8 Å². The lowest BCUT2D eigenvalue weighted by molar-refractivity contribution is 0.0963. The van der Waals surface area contributed by atoms with Crippen LogP contribution in [0.1, 0.15) is 29.3 Å². The van der Waals surface area contributed by atoms with Crippen LogP contribution >= 0.6 is 24.0 Å². The van der Waals surface area contributed by atoms with Crippen LogP contribution in [0.15, 0.2) is 47.5 Å². The zero-order chi connectivity index (χ0) is 22.9. The van der Waals surface area contributed by atoms with E-state index in [2.05, 4.69) is 27.8 Å². The number of rotatable bonds is 8. The van der Waals surface area contributed by atoms with Crippen LogP contribution in [0, 0.1) is 0 Å². The summed E-state index contributed by atoms with van der Waals surface area (Å²) in [5, 5.41) is 9.51. The Balaban J connectivity index is 0.00000385. The molecule has 1 amide bonds. The number of nitrogens with one attached hydrogen (secondary N) is 3. The zero-order valence-electron chi connectivity index (χ0n) is 19.7. The summed E-state index contributed by atoms with van der Waals surface area (Å²) in [6.45, 7) is 5.17. The second-order valence-corrected chi connectivity index (χ2v) is 7.62. The number of carbonyl (C=O) groups excluding carboxylic acids is 1. The predicted octanol–water partition coefficient (Wildman–Crippen LogP) is 3.02. The van der Waals surface area contributed by atoms with Crippen LogP contribution in [0.2, 0.25) is 0 Å². The summed E-state index contributed by atoms with van der Waals surface area (Å²) < 4.78 is 10.8. The maximum absolute atomic E-state index is 11.7. The topological polar surface area (TPSA) is 87.2 Å². The second-order valence-electron chi connectivity index (χ2n) is 7.62. The average Bonchev–Trinajstić information content (AvgIpc) is 3.30. The maximum atomic E-state index is 11.7. The first-order valence-corrected chi connectivity index (χ1v) is 10.9. The second kappa shape index (κ2) is 13.1. The number of nitrogens with zero attached hydrogens (tertiary/aromatic N) is 2. The number of amides is 1. The van der Waals surface area contributed by atoms with Crippen molar-refractivity contribution < 1.29 is 14.3 Å². The summed E-state index contributed by atoms with van der Waals surface area (Å²) in [7, 11) is 4.96. The van der Waals surface area contributed by atoms with Gasteiger partial charge in [-0.3, -0.25) is 4.79 Å². The van der Waals surface area contributed by atoms with Gasteiger partial charge in [-0.25, -0.2) is 4.99 Å². The lowest BCUT2D eigenvalue weighted by Gasteiger charge is -2.21. The number of guanidine groups is 1. The lowest BCUT2D eigenvalue weighted by Crippen LogP contribution is -2.44. The van der Waals surface area contributed by atoms with Gasteiger partial charge in [-0.1, -0.05) is 12.1 Å². The van der Waals surface area contributed by atoms with Gasteiger partial charge in [0.1, 0.15) is 11.5 Å². The summed E-state index contributed by atoms with van der Waals surface area (Å²) >= 11 is 0. The number of hydrogen-bond donors (Lipinski definition) is 3. The van der Waals surface area contributed by atoms with Gasteiger partial charge in [-0.15, -0.1) is 24.0 Å². The number of halogens is 1. The predicted molar refractivity (Wildman–Crippen MR) is 143 cm³/mol. The molecule has 8 nitrogen and oxygen atoms in total. The standard InChI is InChI=1S/C24H33N5O3.HI/c1-5-26-24(27-15-17-6-8-18(9-7-17)23(30)25-2)28-19-10-11-29(16-19)20-12-21(31-3)14-22(13-20)32-4;/h6-9,12-14,19H,5,10-11,15-16H2,1-4H3,(H,25,30)(H2,26,27,28);1H. The Morgan fingerprint density at radius 2 is 1.79 bits per heavy atom. The molecule has 2 aromatic rings. The summed E-state index contributed by atoms with van der Waals surface area (Å²) in [6, 6.07) is 13.7. The molecule has 1 unspecified atom stereocenters. The molecule has 180 valence electrons. The fourth-order valence-electron chi connectivity index (χ4n) is 3.68. The van der Waals surface area contributed by atoms with Crippen molar-refractivity contribution >= 4 is 41.5 Å². The summed E-state index contributed by atoms with van der Waals surface area (Å²) in [5.74, 6) is 2.27. The van der Waals surface area contributed by atoms with Crippen molar-refractivity contribution in [3.63, 3.8) is 0 Å². The minimum atomic E-state index is -0.0884. The number of methoxy groups -OCH3 is 2. The van der Waals surface area contributed by atoms with Crippen molar-refractivity contribution in [2.75, 3.05) is 45.8 Å². The van der Waals surface area contributed by atoms with Gasteiger partial charge >= 0.3 is 0 Å². The van der Waals surface area contributed by atoms with Crippen LogP contribution in [0.5, 0.6) is 11.5 Å². The Morgan fingerprint density at radius 3 is 2.36 bits per heavy atom. The van der Waals surface area contributed by atoms with E-state index in [-0.39, 0.29) is 35.9 Å². The Bertz CT molecular complexity index is 914. The normalized spacial score (nSPS) is 15.5. The molecule has 1 aliphatic heterocycles. The number of anilines is 1. The maximum Gasteiger partial charge on any atom is 0.251 e. The Morgan fingerprint density at radius 1 is 1.12 bits per heavy atom. The molecule has 2 aromatic carbocycles. The van der Waals surface area contributed by atoms with Gasteiger partial charge in [0.2, 0.25) is 0 Å². The number of ether oxygens (including phenoxy) is 2. The first-order chi connectivity index (χ1) is 15.6. The van der Waals surface area contributed by atoms with Crippen LogP contribution in [0.4, 0.5) is 5.69 Å². The minimum absolute atomic E-state index is 0. The molecule has 0 radical (unpaired) electrons. The van der Waals surface area contributed by atoms with Crippen LogP contribution in [0.25, 0.3) is 0 Å². The van der Waals surface area contributed by atoms with Crippen LogP contribution in [-0.2, 0) is 6.54 Å². The number of aliphatic imine (C=N–C) groups is 1. The van der Waals surface area contributed by atoms with Crippen molar-refractivity contribution in [3.8, 4) is 11.5 Å². The van der Waals surface area contributed by atoms with E-state index < -0.39 is 0 Å². The third-order valence-corrected chi connectivity index (χ3v) is 5.44. The van der Waals surface area contributed by atoms with Gasteiger partial charge in [-0.2, -0.15) is 0 Å². The molecule has 1 atom stereocenters. The van der Waals surface area contributed by atoms with Crippen molar-refractivity contribution in [3.05, 3.63) is 53.6 Å². The van der Waals surface area contributed by atoms with E-state index in [0.717, 1.165) is 54.8 Å². The highest BCUT2D eigenvalue weighted by Gasteiger charge is 2.24. The lowest BCUT2D eigenvalue weighted by atomic mass is 10.1. The Kier molecular flexibility index (Phi) is 10.6. The van der Waals surface area contributed by atoms with Crippen molar-refractivity contribution in [1.82, 2.24) is 16.0 Å². The summed E-state index contributed by atoms with van der Waals surface area (Å²) in [4.78, 5) is 18.7. The first-order valence-electron chi connectivity index (χ1n) is 10.9. The molecule has 1 aliphatic rings. The highest BCUT2D eigenvalue weighted by Crippen LogP contribution is 2.30. The Hall–Kier alpha value is -2.69. The van der Waals surface area contributed by atoms with E-state index >= 15 is 0 Å². The van der Waals surface area contributed by atoms with E-state index in [0.29, 0.717) is 12.1 Å². The number of carbonyl (C=O) groups is 1. The highest BCUT2D eigenvalue weighted by atomic mass is 127. The Labute approximate surface area is 213 Å². The SMILES string of the molecule is CCNC(=NCc1ccc(C(=O)NC)cc1)NC1CCN(c2cc(OC)cc(OC)c2)C1.I. The van der Waals surface area contributed by atoms with E-state index in [1.54, 1.807) is 21.3 Å². The average molecular weight is 567 g/mol. The smallest absolute Gasteiger partial charge is 0.251 e. The quantitative estimate of drug-likeness (QED) is 0.259. The van der Waals surface area contributed by atoms with E-state index in [9.17, 15) is 4.79 Å². The number of hydrogen-bond acceptors (Lipinski definition) is 5. The molecule has 0 spiro atoms. The van der Waals surface area contributed by atoms with Gasteiger partial charge < -0.3 is 30.3 Å². The van der Waals surface area contributed by atoms with Crippen molar-refractivity contribution in [2.45, 2.75) is 25.9 Å². The van der Waals surface area contributed by atoms with Crippen molar-refractivity contribution in [2.24, 2.45) is 4.99 Å². The van der Waals surface area contributed by atoms with E-state index in [4.69, 9.17) is 14.5 Å². The van der Waals surface area contributed by atoms with Gasteiger partial charge in [0.15, 0.2) is 5.96 Å². The van der Waals surface area contributed by atoms with Crippen molar-refractivity contribution in [1.29, 1.82) is 0 Å². The van der Waals surface area contributed by atoms with Gasteiger partial charge in [-0.05, 0) is 31.0 Å². The monoisotopic (exact) mass is 567 g/mol. The van der Waals surface area contributed by atoms with E-state index in [1.165, 1.54) is 0 Å². The molecule has 1 saturated heterocycles. The van der Waals surface area contributed by atoms with E-state index in [1.807, 2.05) is 42.5 Å². The zero-order valence-corrected chi connectivity index (χ0v) is 22.0. The molecular formula is C24H34IN5O3. The molecule has 3 N–H and O–H groups in total. The summed E-state index contributed by atoms with van der Waals surface area (Å²) in [5.41, 5.74) is 2.78. The van der Waals surface area contributed by atoms with Crippen LogP contribution < -0.4 is 30.3 Å². The summed E-state index contributed by atoms with van der Waals surface area (Å²) in [6.07, 6.45) is 1.00. The molecule has 33 heavy (non-hydrogen) atoms. The third-order valence-electron chi connectivity index (χ3n) is 5.44. The van der Waals surface area contributed by atoms with Crippen LogP contribution in [0.3, 0.4) is 0 Å². The molecule has 0 saturated carbocycles. The third kappa shape index (κ3) is 7.41. The van der Waals surface area contributed by atoms with Gasteiger partial charge in [0, 0.05) is 62.2 Å². The fraction of sp³-hybridized carbons (Fsp3) is 0.417. The first kappa shape index (κ1) is 26.6.